The molecule has 2 aliphatic rings. The number of benzene rings is 1. The van der Waals surface area contributed by atoms with Gasteiger partial charge in [-0.25, -0.2) is 0 Å². The standard InChI is InChI=1S/C19H26N4O2/c1-2-11-25-17(4-1)14-24-10-3-9-23-13-19(21-22-23)15-5-6-18-16(12-15)7-8-20-18/h5-6,12-13,17,20H,1-4,7-11,14H2. The second-order valence-corrected chi connectivity index (χ2v) is 6.83. The van der Waals surface area contributed by atoms with E-state index in [-0.39, 0.29) is 0 Å². The van der Waals surface area contributed by atoms with Crippen LogP contribution in [0.5, 0.6) is 0 Å². The van der Waals surface area contributed by atoms with Crippen LogP contribution in [0, 0.1) is 0 Å². The molecule has 134 valence electrons. The van der Waals surface area contributed by atoms with Crippen LogP contribution in [0.15, 0.2) is 24.4 Å². The Balaban J connectivity index is 1.23. The maximum Gasteiger partial charge on any atom is 0.113 e. The van der Waals surface area contributed by atoms with Crippen molar-refractivity contribution in [1.29, 1.82) is 0 Å². The first kappa shape index (κ1) is 16.5. The van der Waals surface area contributed by atoms with Crippen LogP contribution in [0.4, 0.5) is 5.69 Å². The van der Waals surface area contributed by atoms with Gasteiger partial charge in [0.1, 0.15) is 5.69 Å². The van der Waals surface area contributed by atoms with E-state index < -0.39 is 0 Å². The van der Waals surface area contributed by atoms with Crippen molar-refractivity contribution in [3.63, 3.8) is 0 Å². The topological polar surface area (TPSA) is 61.2 Å². The molecule has 1 aromatic heterocycles. The molecule has 2 aromatic rings. The summed E-state index contributed by atoms with van der Waals surface area (Å²) in [4.78, 5) is 0. The first-order valence-corrected chi connectivity index (χ1v) is 9.35. The van der Waals surface area contributed by atoms with Crippen LogP contribution in [0.25, 0.3) is 11.3 Å². The molecule has 1 fully saturated rings. The Morgan fingerprint density at radius 2 is 2.32 bits per heavy atom. The highest BCUT2D eigenvalue weighted by molar-refractivity contribution is 5.67. The summed E-state index contributed by atoms with van der Waals surface area (Å²) in [5.74, 6) is 0. The van der Waals surface area contributed by atoms with Gasteiger partial charge in [-0.3, -0.25) is 4.68 Å². The van der Waals surface area contributed by atoms with Crippen LogP contribution in [-0.4, -0.2) is 47.5 Å². The van der Waals surface area contributed by atoms with Crippen molar-refractivity contribution in [2.24, 2.45) is 0 Å². The van der Waals surface area contributed by atoms with Gasteiger partial charge in [0.05, 0.1) is 18.9 Å². The molecular formula is C19H26N4O2. The van der Waals surface area contributed by atoms with Gasteiger partial charge in [0.15, 0.2) is 0 Å². The Hall–Kier alpha value is -1.92. The fraction of sp³-hybridized carbons (Fsp3) is 0.579. The van der Waals surface area contributed by atoms with Crippen LogP contribution in [0.3, 0.4) is 0 Å². The minimum Gasteiger partial charge on any atom is -0.384 e. The molecule has 0 spiro atoms. The lowest BCUT2D eigenvalue weighted by molar-refractivity contribution is -0.0413. The van der Waals surface area contributed by atoms with Crippen molar-refractivity contribution in [3.8, 4) is 11.3 Å². The summed E-state index contributed by atoms with van der Waals surface area (Å²) < 4.78 is 13.3. The molecule has 1 unspecified atom stereocenters. The van der Waals surface area contributed by atoms with Gasteiger partial charge in [0.2, 0.25) is 0 Å². The van der Waals surface area contributed by atoms with E-state index in [1.807, 2.05) is 10.9 Å². The molecule has 0 amide bonds. The number of anilines is 1. The van der Waals surface area contributed by atoms with E-state index in [0.717, 1.165) is 56.8 Å². The second kappa shape index (κ2) is 7.97. The van der Waals surface area contributed by atoms with Crippen LogP contribution >= 0.6 is 0 Å². The fourth-order valence-corrected chi connectivity index (χ4v) is 3.49. The van der Waals surface area contributed by atoms with Gasteiger partial charge in [0, 0.05) is 37.6 Å². The number of hydrogen-bond donors (Lipinski definition) is 1. The highest BCUT2D eigenvalue weighted by atomic mass is 16.5. The van der Waals surface area contributed by atoms with Crippen molar-refractivity contribution in [2.75, 3.05) is 31.7 Å². The average molecular weight is 342 g/mol. The summed E-state index contributed by atoms with van der Waals surface area (Å²) >= 11 is 0. The monoisotopic (exact) mass is 342 g/mol. The molecule has 0 bridgehead atoms. The smallest absolute Gasteiger partial charge is 0.113 e. The number of aryl methyl sites for hydroxylation is 1. The van der Waals surface area contributed by atoms with E-state index in [0.29, 0.717) is 12.7 Å². The fourth-order valence-electron chi connectivity index (χ4n) is 3.49. The summed E-state index contributed by atoms with van der Waals surface area (Å²) in [5, 5.41) is 11.9. The summed E-state index contributed by atoms with van der Waals surface area (Å²) in [7, 11) is 0. The van der Waals surface area contributed by atoms with E-state index in [1.165, 1.54) is 24.1 Å². The van der Waals surface area contributed by atoms with Gasteiger partial charge in [-0.15, -0.1) is 5.10 Å². The molecule has 0 aliphatic carbocycles. The number of ether oxygens (including phenoxy) is 2. The molecule has 1 atom stereocenters. The van der Waals surface area contributed by atoms with E-state index in [9.17, 15) is 0 Å². The Kier molecular flexibility index (Phi) is 5.28. The zero-order valence-corrected chi connectivity index (χ0v) is 14.6. The minimum absolute atomic E-state index is 0.293. The molecule has 6 nitrogen and oxygen atoms in total. The zero-order chi connectivity index (χ0) is 16.9. The number of fused-ring (bicyclic) bond motifs is 1. The van der Waals surface area contributed by atoms with E-state index >= 15 is 0 Å². The van der Waals surface area contributed by atoms with Crippen molar-refractivity contribution in [2.45, 2.75) is 44.8 Å². The molecular weight excluding hydrogens is 316 g/mol. The number of hydrogen-bond acceptors (Lipinski definition) is 5. The normalized spacial score (nSPS) is 19.6. The van der Waals surface area contributed by atoms with Gasteiger partial charge in [-0.1, -0.05) is 11.3 Å². The second-order valence-electron chi connectivity index (χ2n) is 6.83. The summed E-state index contributed by atoms with van der Waals surface area (Å²) in [6.45, 7) is 4.18. The maximum atomic E-state index is 5.74. The van der Waals surface area contributed by atoms with Gasteiger partial charge in [-0.2, -0.15) is 0 Å². The van der Waals surface area contributed by atoms with Crippen LogP contribution in [0.1, 0.15) is 31.2 Å². The summed E-state index contributed by atoms with van der Waals surface area (Å²) in [5.41, 5.74) is 4.69. The van der Waals surface area contributed by atoms with E-state index in [2.05, 4.69) is 33.8 Å². The molecule has 1 aromatic carbocycles. The molecule has 0 radical (unpaired) electrons. The van der Waals surface area contributed by atoms with Gasteiger partial charge in [-0.05, 0) is 49.8 Å². The van der Waals surface area contributed by atoms with Crippen molar-refractivity contribution in [1.82, 2.24) is 15.0 Å². The molecule has 6 heteroatoms. The first-order chi connectivity index (χ1) is 12.4. The molecule has 1 N–H and O–H groups in total. The van der Waals surface area contributed by atoms with Gasteiger partial charge < -0.3 is 14.8 Å². The quantitative estimate of drug-likeness (QED) is 0.784. The van der Waals surface area contributed by atoms with Crippen LogP contribution in [-0.2, 0) is 22.4 Å². The van der Waals surface area contributed by atoms with Crippen LogP contribution < -0.4 is 5.32 Å². The SMILES string of the molecule is c1cc2c(cc1-c1cn(CCCOCC3CCCCO3)nn1)CCN2. The van der Waals surface area contributed by atoms with Gasteiger partial charge in [0.25, 0.3) is 0 Å². The Bertz CT molecular complexity index is 694. The maximum absolute atomic E-state index is 5.74. The van der Waals surface area contributed by atoms with Crippen molar-refractivity contribution < 1.29 is 9.47 Å². The number of rotatable bonds is 7. The van der Waals surface area contributed by atoms with Crippen molar-refractivity contribution in [3.05, 3.63) is 30.0 Å². The molecule has 3 heterocycles. The molecule has 2 aliphatic heterocycles. The predicted octanol–water partition coefficient (Wildman–Crippen LogP) is 2.89. The third-order valence-corrected chi connectivity index (χ3v) is 4.90. The summed E-state index contributed by atoms with van der Waals surface area (Å²) in [6.07, 6.45) is 7.90. The first-order valence-electron chi connectivity index (χ1n) is 9.35. The average Bonchev–Trinajstić information content (AvgIpc) is 3.31. The molecule has 0 saturated carbocycles. The number of nitrogens with zero attached hydrogens (tertiary/aromatic N) is 3. The Morgan fingerprint density at radius 3 is 3.24 bits per heavy atom. The van der Waals surface area contributed by atoms with Gasteiger partial charge >= 0.3 is 0 Å². The zero-order valence-electron chi connectivity index (χ0n) is 14.6. The largest absolute Gasteiger partial charge is 0.384 e. The minimum atomic E-state index is 0.293. The lowest BCUT2D eigenvalue weighted by Crippen LogP contribution is -2.24. The number of aromatic nitrogens is 3. The lowest BCUT2D eigenvalue weighted by atomic mass is 10.1. The lowest BCUT2D eigenvalue weighted by Gasteiger charge is -2.22. The van der Waals surface area contributed by atoms with Crippen molar-refractivity contribution >= 4 is 5.69 Å². The molecule has 1 saturated heterocycles. The van der Waals surface area contributed by atoms with Crippen LogP contribution in [0.2, 0.25) is 0 Å². The van der Waals surface area contributed by atoms with E-state index in [4.69, 9.17) is 9.47 Å². The van der Waals surface area contributed by atoms with E-state index in [1.54, 1.807) is 0 Å². The third-order valence-electron chi connectivity index (χ3n) is 4.90. The predicted molar refractivity (Wildman–Crippen MR) is 96.7 cm³/mol. The molecule has 25 heavy (non-hydrogen) atoms. The Morgan fingerprint density at radius 1 is 1.32 bits per heavy atom. The summed E-state index contributed by atoms with van der Waals surface area (Å²) in [6, 6.07) is 6.47. The Labute approximate surface area is 148 Å². The number of nitrogens with one attached hydrogen (secondary N) is 1. The third kappa shape index (κ3) is 4.19. The molecule has 4 rings (SSSR count). The highest BCUT2D eigenvalue weighted by Crippen LogP contribution is 2.27. The highest BCUT2D eigenvalue weighted by Gasteiger charge is 2.14.